The molecule has 74 valence electrons. The lowest BCUT2D eigenvalue weighted by molar-refractivity contribution is 0.317. The Morgan fingerprint density at radius 2 is 2.14 bits per heavy atom. The number of halogens is 2. The van der Waals surface area contributed by atoms with Gasteiger partial charge < -0.3 is 4.74 Å². The van der Waals surface area contributed by atoms with Gasteiger partial charge in [-0.2, -0.15) is 0 Å². The van der Waals surface area contributed by atoms with Crippen molar-refractivity contribution in [3.8, 4) is 0 Å². The lowest BCUT2D eigenvalue weighted by atomic mass is 10.1. The Morgan fingerprint density at radius 3 is 2.71 bits per heavy atom. The molecule has 0 saturated carbocycles. The van der Waals surface area contributed by atoms with Gasteiger partial charge in [0.2, 0.25) is 0 Å². The molecule has 1 aromatic rings. The maximum Gasteiger partial charge on any atom is 0.180 e. The maximum absolute atomic E-state index is 5.91. The van der Waals surface area contributed by atoms with Crippen molar-refractivity contribution in [3.63, 3.8) is 0 Å². The van der Waals surface area contributed by atoms with Crippen LogP contribution in [-0.4, -0.2) is 12.5 Å². The molecule has 2 nitrogen and oxygen atoms in total. The third kappa shape index (κ3) is 1.86. The third-order valence-electron chi connectivity index (χ3n) is 2.12. The number of hydrogen-bond acceptors (Lipinski definition) is 2. The van der Waals surface area contributed by atoms with E-state index < -0.39 is 0 Å². The number of hydrogen-bond donors (Lipinski definition) is 0. The van der Waals surface area contributed by atoms with Crippen LogP contribution in [0.1, 0.15) is 18.5 Å². The molecule has 0 aliphatic carbocycles. The molecule has 2 rings (SSSR count). The van der Waals surface area contributed by atoms with E-state index in [-0.39, 0.29) is 6.04 Å². The molecule has 1 aliphatic heterocycles. The standard InChI is InChI=1S/C10H9Cl2NO/c1-6-13-10(5-14-6)7-2-3-8(11)9(12)4-7/h2-4,10H,5H2,1H3. The highest BCUT2D eigenvalue weighted by Gasteiger charge is 2.18. The molecule has 14 heavy (non-hydrogen) atoms. The van der Waals surface area contributed by atoms with Crippen LogP contribution in [0.25, 0.3) is 0 Å². The monoisotopic (exact) mass is 229 g/mol. The van der Waals surface area contributed by atoms with E-state index in [1.54, 1.807) is 6.07 Å². The highest BCUT2D eigenvalue weighted by Crippen LogP contribution is 2.29. The van der Waals surface area contributed by atoms with Crippen LogP contribution >= 0.6 is 23.2 Å². The van der Waals surface area contributed by atoms with Gasteiger partial charge in [0.15, 0.2) is 5.90 Å². The Balaban J connectivity index is 2.29. The van der Waals surface area contributed by atoms with E-state index in [9.17, 15) is 0 Å². The lowest BCUT2D eigenvalue weighted by Gasteiger charge is -2.06. The summed E-state index contributed by atoms with van der Waals surface area (Å²) in [6, 6.07) is 5.59. The van der Waals surface area contributed by atoms with Gasteiger partial charge in [-0.05, 0) is 17.7 Å². The summed E-state index contributed by atoms with van der Waals surface area (Å²) in [4.78, 5) is 4.32. The van der Waals surface area contributed by atoms with Gasteiger partial charge in [0, 0.05) is 6.92 Å². The smallest absolute Gasteiger partial charge is 0.180 e. The molecule has 0 spiro atoms. The molecule has 0 bridgehead atoms. The van der Waals surface area contributed by atoms with Crippen LogP contribution in [0, 0.1) is 0 Å². The third-order valence-corrected chi connectivity index (χ3v) is 2.86. The van der Waals surface area contributed by atoms with E-state index in [1.165, 1.54) is 0 Å². The molecule has 1 aliphatic rings. The fourth-order valence-corrected chi connectivity index (χ4v) is 1.69. The Kier molecular flexibility index (Phi) is 2.66. The summed E-state index contributed by atoms with van der Waals surface area (Å²) in [5.74, 6) is 0.723. The number of nitrogens with zero attached hydrogens (tertiary/aromatic N) is 1. The number of aliphatic imine (C=N–C) groups is 1. The first-order chi connectivity index (χ1) is 6.66. The van der Waals surface area contributed by atoms with Gasteiger partial charge in [0.05, 0.1) is 10.0 Å². The minimum atomic E-state index is 0.0600. The topological polar surface area (TPSA) is 21.6 Å². The molecule has 4 heteroatoms. The Hall–Kier alpha value is -0.730. The zero-order valence-corrected chi connectivity index (χ0v) is 9.14. The maximum atomic E-state index is 5.91. The molecule has 0 aromatic heterocycles. The van der Waals surface area contributed by atoms with Crippen LogP contribution in [0.4, 0.5) is 0 Å². The van der Waals surface area contributed by atoms with Crippen molar-refractivity contribution in [1.82, 2.24) is 0 Å². The quantitative estimate of drug-likeness (QED) is 0.723. The summed E-state index contributed by atoms with van der Waals surface area (Å²) in [6.07, 6.45) is 0. The van der Waals surface area contributed by atoms with Gasteiger partial charge in [-0.25, -0.2) is 4.99 Å². The van der Waals surface area contributed by atoms with Crippen molar-refractivity contribution >= 4 is 29.1 Å². The summed E-state index contributed by atoms with van der Waals surface area (Å²) in [5.41, 5.74) is 1.04. The first kappa shape index (κ1) is 9.81. The van der Waals surface area contributed by atoms with Crippen LogP contribution in [0.15, 0.2) is 23.2 Å². The van der Waals surface area contributed by atoms with Crippen molar-refractivity contribution in [1.29, 1.82) is 0 Å². The molecule has 0 radical (unpaired) electrons. The van der Waals surface area contributed by atoms with E-state index in [1.807, 2.05) is 19.1 Å². The Morgan fingerprint density at radius 1 is 1.36 bits per heavy atom. The average Bonchev–Trinajstić information content (AvgIpc) is 2.57. The summed E-state index contributed by atoms with van der Waals surface area (Å²) < 4.78 is 5.26. The van der Waals surface area contributed by atoms with Crippen molar-refractivity contribution in [3.05, 3.63) is 33.8 Å². The van der Waals surface area contributed by atoms with E-state index in [0.717, 1.165) is 11.5 Å². The van der Waals surface area contributed by atoms with Crippen molar-refractivity contribution in [2.45, 2.75) is 13.0 Å². The Labute approximate surface area is 92.5 Å². The fraction of sp³-hybridized carbons (Fsp3) is 0.300. The molecule has 1 aromatic carbocycles. The molecule has 0 N–H and O–H groups in total. The summed E-state index contributed by atoms with van der Waals surface area (Å²) in [6.45, 7) is 2.43. The van der Waals surface area contributed by atoms with Crippen LogP contribution in [-0.2, 0) is 4.74 Å². The molecule has 0 amide bonds. The first-order valence-corrected chi connectivity index (χ1v) is 5.04. The van der Waals surface area contributed by atoms with Crippen LogP contribution in [0.5, 0.6) is 0 Å². The van der Waals surface area contributed by atoms with Gasteiger partial charge in [-0.1, -0.05) is 29.3 Å². The second-order valence-electron chi connectivity index (χ2n) is 3.15. The molecular formula is C10H9Cl2NO. The average molecular weight is 230 g/mol. The van der Waals surface area contributed by atoms with E-state index >= 15 is 0 Å². The zero-order chi connectivity index (χ0) is 10.1. The minimum Gasteiger partial charge on any atom is -0.479 e. The second kappa shape index (κ2) is 3.79. The normalized spacial score (nSPS) is 20.5. The molecule has 1 heterocycles. The SMILES string of the molecule is CC1=NC(c2ccc(Cl)c(Cl)c2)CO1. The predicted molar refractivity (Wildman–Crippen MR) is 58.3 cm³/mol. The highest BCUT2D eigenvalue weighted by atomic mass is 35.5. The van der Waals surface area contributed by atoms with E-state index in [2.05, 4.69) is 4.99 Å². The highest BCUT2D eigenvalue weighted by molar-refractivity contribution is 6.42. The summed E-state index contributed by atoms with van der Waals surface area (Å²) in [5, 5.41) is 1.12. The minimum absolute atomic E-state index is 0.0600. The van der Waals surface area contributed by atoms with E-state index in [4.69, 9.17) is 27.9 Å². The first-order valence-electron chi connectivity index (χ1n) is 4.29. The molecule has 1 atom stereocenters. The van der Waals surface area contributed by atoms with E-state index in [0.29, 0.717) is 16.7 Å². The van der Waals surface area contributed by atoms with Crippen LogP contribution in [0.2, 0.25) is 10.0 Å². The molecule has 0 fully saturated rings. The van der Waals surface area contributed by atoms with Gasteiger partial charge in [-0.15, -0.1) is 0 Å². The fourth-order valence-electron chi connectivity index (χ4n) is 1.38. The molecule has 0 saturated heterocycles. The molecule has 1 unspecified atom stereocenters. The summed E-state index contributed by atoms with van der Waals surface area (Å²) >= 11 is 11.7. The van der Waals surface area contributed by atoms with Crippen molar-refractivity contribution < 1.29 is 4.74 Å². The van der Waals surface area contributed by atoms with Gasteiger partial charge in [0.1, 0.15) is 12.6 Å². The van der Waals surface area contributed by atoms with Crippen LogP contribution in [0.3, 0.4) is 0 Å². The second-order valence-corrected chi connectivity index (χ2v) is 3.96. The van der Waals surface area contributed by atoms with Crippen molar-refractivity contribution in [2.75, 3.05) is 6.61 Å². The number of benzene rings is 1. The van der Waals surface area contributed by atoms with Gasteiger partial charge in [0.25, 0.3) is 0 Å². The van der Waals surface area contributed by atoms with Gasteiger partial charge in [-0.3, -0.25) is 0 Å². The Bertz CT molecular complexity index is 390. The lowest BCUT2D eigenvalue weighted by Crippen LogP contribution is -1.97. The van der Waals surface area contributed by atoms with Crippen molar-refractivity contribution in [2.24, 2.45) is 4.99 Å². The van der Waals surface area contributed by atoms with Gasteiger partial charge >= 0.3 is 0 Å². The number of ether oxygens (including phenoxy) is 1. The number of rotatable bonds is 1. The zero-order valence-electron chi connectivity index (χ0n) is 7.63. The summed E-state index contributed by atoms with van der Waals surface area (Å²) in [7, 11) is 0. The largest absolute Gasteiger partial charge is 0.479 e. The molecular weight excluding hydrogens is 221 g/mol. The predicted octanol–water partition coefficient (Wildman–Crippen LogP) is 3.48. The van der Waals surface area contributed by atoms with Crippen LogP contribution < -0.4 is 0 Å².